The van der Waals surface area contributed by atoms with Gasteiger partial charge >= 0.3 is 0 Å². The maximum absolute atomic E-state index is 11.1. The molecule has 0 unspecified atom stereocenters. The smallest absolute Gasteiger partial charge is 0.243 e. The predicted octanol–water partition coefficient (Wildman–Crippen LogP) is -0.210. The summed E-state index contributed by atoms with van der Waals surface area (Å²) in [6, 6.07) is 0.0802. The molecule has 1 heterocycles. The summed E-state index contributed by atoms with van der Waals surface area (Å²) in [5.74, 6) is -0.359. The van der Waals surface area contributed by atoms with Gasteiger partial charge in [-0.1, -0.05) is 13.8 Å². The molecule has 1 fully saturated rings. The van der Waals surface area contributed by atoms with Crippen LogP contribution in [0.25, 0.3) is 0 Å². The average molecular weight is 170 g/mol. The molecule has 0 aliphatic carbocycles. The van der Waals surface area contributed by atoms with Gasteiger partial charge in [-0.05, 0) is 6.42 Å². The molecule has 1 aliphatic heterocycles. The topological polar surface area (TPSA) is 58.2 Å². The SMILES string of the molecule is CC(C)N[C@@H]1CCC(=O)NC1=O. The second kappa shape index (κ2) is 3.67. The van der Waals surface area contributed by atoms with Crippen LogP contribution in [0.3, 0.4) is 0 Å². The third kappa shape index (κ3) is 2.30. The number of hydrogen-bond donors (Lipinski definition) is 2. The number of carbonyl (C=O) groups is 2. The second-order valence-corrected chi connectivity index (χ2v) is 3.33. The van der Waals surface area contributed by atoms with Gasteiger partial charge < -0.3 is 5.32 Å². The maximum Gasteiger partial charge on any atom is 0.243 e. The Morgan fingerprint density at radius 2 is 2.17 bits per heavy atom. The molecule has 0 aromatic rings. The highest BCUT2D eigenvalue weighted by Gasteiger charge is 2.26. The molecule has 1 aliphatic rings. The molecule has 1 atom stereocenters. The fourth-order valence-corrected chi connectivity index (χ4v) is 1.25. The van der Waals surface area contributed by atoms with Gasteiger partial charge in [-0.3, -0.25) is 14.9 Å². The van der Waals surface area contributed by atoms with Crippen molar-refractivity contribution in [3.8, 4) is 0 Å². The van der Waals surface area contributed by atoms with Gasteiger partial charge in [0.1, 0.15) is 0 Å². The van der Waals surface area contributed by atoms with Crippen LogP contribution in [0, 0.1) is 0 Å². The van der Waals surface area contributed by atoms with E-state index >= 15 is 0 Å². The molecule has 4 nitrogen and oxygen atoms in total. The van der Waals surface area contributed by atoms with E-state index in [-0.39, 0.29) is 23.9 Å². The van der Waals surface area contributed by atoms with Gasteiger partial charge in [0.25, 0.3) is 0 Å². The van der Waals surface area contributed by atoms with E-state index in [1.165, 1.54) is 0 Å². The van der Waals surface area contributed by atoms with Crippen LogP contribution in [0.5, 0.6) is 0 Å². The van der Waals surface area contributed by atoms with Gasteiger partial charge in [-0.2, -0.15) is 0 Å². The summed E-state index contributed by atoms with van der Waals surface area (Å²) in [5.41, 5.74) is 0. The van der Waals surface area contributed by atoms with Gasteiger partial charge in [0.2, 0.25) is 11.8 Å². The number of nitrogens with one attached hydrogen (secondary N) is 2. The molecule has 0 spiro atoms. The summed E-state index contributed by atoms with van der Waals surface area (Å²) in [7, 11) is 0. The van der Waals surface area contributed by atoms with Crippen LogP contribution in [0.1, 0.15) is 26.7 Å². The van der Waals surface area contributed by atoms with Crippen LogP contribution >= 0.6 is 0 Å². The number of piperidine rings is 1. The highest BCUT2D eigenvalue weighted by molar-refractivity contribution is 6.00. The van der Waals surface area contributed by atoms with Crippen molar-refractivity contribution in [2.75, 3.05) is 0 Å². The largest absolute Gasteiger partial charge is 0.304 e. The highest BCUT2D eigenvalue weighted by atomic mass is 16.2. The van der Waals surface area contributed by atoms with E-state index in [9.17, 15) is 9.59 Å². The first-order valence-electron chi connectivity index (χ1n) is 4.19. The molecule has 1 saturated heterocycles. The Bertz CT molecular complexity index is 201. The molecule has 0 radical (unpaired) electrons. The third-order valence-electron chi connectivity index (χ3n) is 1.77. The fourth-order valence-electron chi connectivity index (χ4n) is 1.25. The zero-order valence-corrected chi connectivity index (χ0v) is 7.39. The Hall–Kier alpha value is -0.900. The lowest BCUT2D eigenvalue weighted by molar-refractivity contribution is -0.134. The summed E-state index contributed by atoms with van der Waals surface area (Å²) >= 11 is 0. The van der Waals surface area contributed by atoms with E-state index < -0.39 is 0 Å². The van der Waals surface area contributed by atoms with Gasteiger partial charge in [-0.25, -0.2) is 0 Å². The van der Waals surface area contributed by atoms with E-state index in [0.29, 0.717) is 12.8 Å². The van der Waals surface area contributed by atoms with Crippen LogP contribution in [-0.2, 0) is 9.59 Å². The van der Waals surface area contributed by atoms with Crippen molar-refractivity contribution in [3.63, 3.8) is 0 Å². The van der Waals surface area contributed by atoms with Crippen LogP contribution in [0.4, 0.5) is 0 Å². The van der Waals surface area contributed by atoms with E-state index in [1.54, 1.807) is 0 Å². The molecular formula is C8H14N2O2. The molecule has 12 heavy (non-hydrogen) atoms. The minimum Gasteiger partial charge on any atom is -0.304 e. The minimum atomic E-state index is -0.194. The number of carbonyl (C=O) groups excluding carboxylic acids is 2. The first-order valence-corrected chi connectivity index (χ1v) is 4.19. The van der Waals surface area contributed by atoms with E-state index in [0.717, 1.165) is 0 Å². The number of imide groups is 1. The van der Waals surface area contributed by atoms with Gasteiger partial charge in [-0.15, -0.1) is 0 Å². The molecule has 4 heteroatoms. The predicted molar refractivity (Wildman–Crippen MR) is 44.4 cm³/mol. The van der Waals surface area contributed by atoms with Gasteiger partial charge in [0.15, 0.2) is 0 Å². The zero-order chi connectivity index (χ0) is 9.14. The summed E-state index contributed by atoms with van der Waals surface area (Å²) < 4.78 is 0. The normalized spacial score (nSPS) is 24.4. The molecule has 0 saturated carbocycles. The average Bonchev–Trinajstić information content (AvgIpc) is 1.94. The van der Waals surface area contributed by atoms with E-state index in [4.69, 9.17) is 0 Å². The lowest BCUT2D eigenvalue weighted by atomic mass is 10.1. The van der Waals surface area contributed by atoms with Crippen molar-refractivity contribution in [3.05, 3.63) is 0 Å². The standard InChI is InChI=1S/C8H14N2O2/c1-5(2)9-6-3-4-7(11)10-8(6)12/h5-6,9H,3-4H2,1-2H3,(H,10,11,12)/t6-/m1/s1. The van der Waals surface area contributed by atoms with Crippen molar-refractivity contribution >= 4 is 11.8 Å². The Morgan fingerprint density at radius 1 is 1.50 bits per heavy atom. The lowest BCUT2D eigenvalue weighted by Gasteiger charge is -2.23. The Balaban J connectivity index is 2.45. The van der Waals surface area contributed by atoms with E-state index in [1.807, 2.05) is 13.8 Å². The monoisotopic (exact) mass is 170 g/mol. The minimum absolute atomic E-state index is 0.165. The zero-order valence-electron chi connectivity index (χ0n) is 7.39. The molecule has 2 amide bonds. The molecular weight excluding hydrogens is 156 g/mol. The van der Waals surface area contributed by atoms with Crippen LogP contribution in [0.15, 0.2) is 0 Å². The highest BCUT2D eigenvalue weighted by Crippen LogP contribution is 2.04. The molecule has 0 aromatic heterocycles. The lowest BCUT2D eigenvalue weighted by Crippen LogP contribution is -2.52. The summed E-state index contributed by atoms with van der Waals surface area (Å²) in [4.78, 5) is 21.9. The quantitative estimate of drug-likeness (QED) is 0.564. The van der Waals surface area contributed by atoms with Crippen molar-refractivity contribution in [1.29, 1.82) is 0 Å². The Kier molecular flexibility index (Phi) is 2.81. The van der Waals surface area contributed by atoms with Crippen LogP contribution < -0.4 is 10.6 Å². The second-order valence-electron chi connectivity index (χ2n) is 3.33. The van der Waals surface area contributed by atoms with Crippen molar-refractivity contribution in [2.45, 2.75) is 38.8 Å². The van der Waals surface area contributed by atoms with E-state index in [2.05, 4.69) is 10.6 Å². The number of hydrogen-bond acceptors (Lipinski definition) is 3. The summed E-state index contributed by atoms with van der Waals surface area (Å²) in [6.45, 7) is 3.95. The van der Waals surface area contributed by atoms with Crippen LogP contribution in [0.2, 0.25) is 0 Å². The first-order chi connectivity index (χ1) is 5.59. The van der Waals surface area contributed by atoms with Crippen molar-refractivity contribution in [1.82, 2.24) is 10.6 Å². The van der Waals surface area contributed by atoms with Crippen molar-refractivity contribution < 1.29 is 9.59 Å². The molecule has 0 bridgehead atoms. The van der Waals surface area contributed by atoms with Crippen LogP contribution in [-0.4, -0.2) is 23.9 Å². The summed E-state index contributed by atoms with van der Waals surface area (Å²) in [5, 5.41) is 5.38. The Morgan fingerprint density at radius 3 is 2.67 bits per heavy atom. The number of rotatable bonds is 2. The molecule has 2 N–H and O–H groups in total. The fraction of sp³-hybridized carbons (Fsp3) is 0.750. The first kappa shape index (κ1) is 9.19. The molecule has 1 rings (SSSR count). The number of amides is 2. The van der Waals surface area contributed by atoms with Gasteiger partial charge in [0.05, 0.1) is 6.04 Å². The Labute approximate surface area is 71.7 Å². The summed E-state index contributed by atoms with van der Waals surface area (Å²) in [6.07, 6.45) is 1.05. The van der Waals surface area contributed by atoms with Gasteiger partial charge in [0, 0.05) is 12.5 Å². The molecule has 68 valence electrons. The molecule has 0 aromatic carbocycles. The third-order valence-corrected chi connectivity index (χ3v) is 1.77. The maximum atomic E-state index is 11.1. The van der Waals surface area contributed by atoms with Crippen molar-refractivity contribution in [2.24, 2.45) is 0 Å².